The first-order valence-electron chi connectivity index (χ1n) is 11.7. The number of hydrogen-bond donors (Lipinski definition) is 2. The zero-order chi connectivity index (χ0) is 29.5. The van der Waals surface area contributed by atoms with Crippen LogP contribution in [0.3, 0.4) is 0 Å². The fourth-order valence-corrected chi connectivity index (χ4v) is 5.52. The van der Waals surface area contributed by atoms with Crippen molar-refractivity contribution < 1.29 is 39.6 Å². The Bertz CT molecular complexity index is 1410. The maximum Gasteiger partial charge on any atom is 0.416 e. The van der Waals surface area contributed by atoms with E-state index in [4.69, 9.17) is 5.73 Å². The Balaban J connectivity index is 1.55. The van der Waals surface area contributed by atoms with Crippen LogP contribution in [0.4, 0.5) is 26.3 Å². The quantitative estimate of drug-likeness (QED) is 0.396. The molecule has 9 nitrogen and oxygen atoms in total. The number of hydrogen-bond acceptors (Lipinski definition) is 7. The van der Waals surface area contributed by atoms with Crippen molar-refractivity contribution in [2.45, 2.75) is 17.2 Å². The van der Waals surface area contributed by atoms with E-state index >= 15 is 0 Å². The Morgan fingerprint density at radius 2 is 1.50 bits per heavy atom. The molecule has 216 valence electrons. The lowest BCUT2D eigenvalue weighted by atomic mass is 10.0. The number of sulfonamides is 1. The number of hydrazine groups is 1. The molecule has 2 aliphatic rings. The molecule has 0 aliphatic carbocycles. The molecule has 0 atom stereocenters. The standard InChI is InChI=1S/C24H24F6N6O3S/c1-34-6-8-36(9-7-34)40(38,39)19-4-2-15(3-5-19)20(21(31)37)13-35-14-32-22(33-35)16-10-17(23(25,26)27)12-18(11-16)24(28,29)30/h2-5,10-13H,6-9,14H2,1H3,(H2,31,37)(H,32,33)/b20-13+. The lowest BCUT2D eigenvalue weighted by Gasteiger charge is -2.31. The van der Waals surface area contributed by atoms with Gasteiger partial charge in [-0.3, -0.25) is 15.2 Å². The number of carbonyl (C=O) groups excluding carboxylic acids is 1. The number of alkyl halides is 6. The van der Waals surface area contributed by atoms with Crippen molar-refractivity contribution in [1.29, 1.82) is 0 Å². The largest absolute Gasteiger partial charge is 0.416 e. The highest BCUT2D eigenvalue weighted by atomic mass is 32.2. The van der Waals surface area contributed by atoms with Gasteiger partial charge in [-0.25, -0.2) is 13.4 Å². The first-order valence-corrected chi connectivity index (χ1v) is 13.2. The van der Waals surface area contributed by atoms with Gasteiger partial charge in [0.15, 0.2) is 0 Å². The average Bonchev–Trinajstić information content (AvgIpc) is 3.35. The van der Waals surface area contributed by atoms with Gasteiger partial charge < -0.3 is 10.6 Å². The molecule has 16 heteroatoms. The number of nitrogens with one attached hydrogen (secondary N) is 1. The number of primary amides is 1. The minimum Gasteiger partial charge on any atom is -0.366 e. The van der Waals surface area contributed by atoms with Gasteiger partial charge in [-0.15, -0.1) is 0 Å². The van der Waals surface area contributed by atoms with Crippen LogP contribution in [0.5, 0.6) is 0 Å². The molecule has 2 aliphatic heterocycles. The van der Waals surface area contributed by atoms with E-state index < -0.39 is 45.0 Å². The van der Waals surface area contributed by atoms with Crippen LogP contribution in [0.15, 0.2) is 58.6 Å². The molecule has 1 saturated heterocycles. The highest BCUT2D eigenvalue weighted by molar-refractivity contribution is 7.89. The third-order valence-electron chi connectivity index (χ3n) is 6.31. The first kappa shape index (κ1) is 29.4. The van der Waals surface area contributed by atoms with E-state index in [1.807, 2.05) is 11.9 Å². The molecule has 40 heavy (non-hydrogen) atoms. The highest BCUT2D eigenvalue weighted by Gasteiger charge is 2.37. The Morgan fingerprint density at radius 1 is 0.950 bits per heavy atom. The summed E-state index contributed by atoms with van der Waals surface area (Å²) in [5.41, 5.74) is 4.73. The molecular formula is C24H24F6N6O3S. The molecular weight excluding hydrogens is 566 g/mol. The predicted molar refractivity (Wildman–Crippen MR) is 133 cm³/mol. The van der Waals surface area contributed by atoms with Crippen molar-refractivity contribution in [2.75, 3.05) is 39.9 Å². The SMILES string of the molecule is CN1CCN(S(=O)(=O)c2ccc(/C(=C\N3CN=C(c4cc(C(F)(F)F)cc(C(F)(F)F)c4)N3)C(N)=O)cc2)CC1. The topological polar surface area (TPSA) is 111 Å². The van der Waals surface area contributed by atoms with Crippen LogP contribution in [0, 0.1) is 0 Å². The van der Waals surface area contributed by atoms with E-state index in [9.17, 15) is 39.6 Å². The molecule has 0 radical (unpaired) electrons. The summed E-state index contributed by atoms with van der Waals surface area (Å²) in [7, 11) is -1.88. The number of nitrogens with two attached hydrogens (primary N) is 1. The van der Waals surface area contributed by atoms with Gasteiger partial charge in [0.25, 0.3) is 5.91 Å². The number of halogens is 6. The first-order chi connectivity index (χ1) is 18.6. The van der Waals surface area contributed by atoms with Crippen molar-refractivity contribution in [1.82, 2.24) is 19.6 Å². The van der Waals surface area contributed by atoms with Gasteiger partial charge in [0, 0.05) is 37.9 Å². The lowest BCUT2D eigenvalue weighted by Crippen LogP contribution is -2.46. The maximum absolute atomic E-state index is 13.2. The summed E-state index contributed by atoms with van der Waals surface area (Å²) >= 11 is 0. The van der Waals surface area contributed by atoms with Crippen LogP contribution in [-0.4, -0.2) is 74.3 Å². The molecule has 0 spiro atoms. The number of carbonyl (C=O) groups is 1. The van der Waals surface area contributed by atoms with E-state index in [1.165, 1.54) is 34.8 Å². The maximum atomic E-state index is 13.2. The van der Waals surface area contributed by atoms with Gasteiger partial charge in [0.1, 0.15) is 12.5 Å². The minimum absolute atomic E-state index is 0.00939. The number of aliphatic imine (C=N–C) groups is 1. The zero-order valence-electron chi connectivity index (χ0n) is 20.9. The molecule has 1 amide bonds. The third kappa shape index (κ3) is 6.39. The number of benzene rings is 2. The summed E-state index contributed by atoms with van der Waals surface area (Å²) in [4.78, 5) is 18.2. The van der Waals surface area contributed by atoms with E-state index in [0.717, 1.165) is 5.01 Å². The second-order valence-corrected chi connectivity index (χ2v) is 11.1. The fraction of sp³-hybridized carbons (Fsp3) is 0.333. The number of likely N-dealkylation sites (N-methyl/N-ethyl adjacent to an activating group) is 1. The van der Waals surface area contributed by atoms with E-state index in [-0.39, 0.29) is 34.6 Å². The van der Waals surface area contributed by atoms with Gasteiger partial charge in [-0.1, -0.05) is 12.1 Å². The summed E-state index contributed by atoms with van der Waals surface area (Å²) in [5, 5.41) is 1.15. The normalized spacial score (nSPS) is 18.0. The highest BCUT2D eigenvalue weighted by Crippen LogP contribution is 2.36. The van der Waals surface area contributed by atoms with E-state index in [1.54, 1.807) is 0 Å². The molecule has 0 saturated carbocycles. The summed E-state index contributed by atoms with van der Waals surface area (Å²) in [5.74, 6) is -1.20. The van der Waals surface area contributed by atoms with Crippen molar-refractivity contribution >= 4 is 27.3 Å². The van der Waals surface area contributed by atoms with Crippen LogP contribution < -0.4 is 11.2 Å². The van der Waals surface area contributed by atoms with Crippen molar-refractivity contribution in [3.8, 4) is 0 Å². The number of amidine groups is 1. The van der Waals surface area contributed by atoms with Crippen LogP contribution in [-0.2, 0) is 27.2 Å². The molecule has 2 aromatic carbocycles. The molecule has 2 aromatic rings. The summed E-state index contributed by atoms with van der Waals surface area (Å²) < 4.78 is 107. The van der Waals surface area contributed by atoms with Gasteiger partial charge in [0.05, 0.1) is 21.6 Å². The van der Waals surface area contributed by atoms with E-state index in [0.29, 0.717) is 38.3 Å². The summed E-state index contributed by atoms with van der Waals surface area (Å²) in [6.07, 6.45) is -8.88. The monoisotopic (exact) mass is 590 g/mol. The summed E-state index contributed by atoms with van der Waals surface area (Å²) in [6.45, 7) is 1.55. The second kappa shape index (κ2) is 10.7. The van der Waals surface area contributed by atoms with Crippen molar-refractivity contribution in [2.24, 2.45) is 10.7 Å². The molecule has 2 heterocycles. The van der Waals surface area contributed by atoms with Gasteiger partial charge >= 0.3 is 12.4 Å². The number of rotatable bonds is 6. The Kier molecular flexibility index (Phi) is 7.88. The van der Waals surface area contributed by atoms with Gasteiger partial charge in [-0.2, -0.15) is 30.6 Å². The Labute approximate surface area is 225 Å². The zero-order valence-corrected chi connectivity index (χ0v) is 21.7. The van der Waals surface area contributed by atoms with Crippen molar-refractivity contribution in [3.05, 3.63) is 70.9 Å². The van der Waals surface area contributed by atoms with Crippen LogP contribution in [0.25, 0.3) is 5.57 Å². The number of piperazine rings is 1. The molecule has 0 aromatic heterocycles. The third-order valence-corrected chi connectivity index (χ3v) is 8.22. The van der Waals surface area contributed by atoms with Crippen LogP contribution in [0.2, 0.25) is 0 Å². The average molecular weight is 591 g/mol. The Morgan fingerprint density at radius 3 is 2.00 bits per heavy atom. The molecule has 1 fully saturated rings. The number of nitrogens with zero attached hydrogens (tertiary/aromatic N) is 4. The molecule has 0 bridgehead atoms. The smallest absolute Gasteiger partial charge is 0.366 e. The molecule has 3 N–H and O–H groups in total. The minimum atomic E-state index is -5.03. The van der Waals surface area contributed by atoms with Crippen LogP contribution >= 0.6 is 0 Å². The van der Waals surface area contributed by atoms with Gasteiger partial charge in [0.2, 0.25) is 10.0 Å². The van der Waals surface area contributed by atoms with Crippen molar-refractivity contribution in [3.63, 3.8) is 0 Å². The molecule has 0 unspecified atom stereocenters. The fourth-order valence-electron chi connectivity index (χ4n) is 4.09. The lowest BCUT2D eigenvalue weighted by molar-refractivity contribution is -0.143. The predicted octanol–water partition coefficient (Wildman–Crippen LogP) is 2.71. The summed E-state index contributed by atoms with van der Waals surface area (Å²) in [6, 6.07) is 6.46. The van der Waals surface area contributed by atoms with E-state index in [2.05, 4.69) is 10.4 Å². The van der Waals surface area contributed by atoms with Gasteiger partial charge in [-0.05, 0) is 42.9 Å². The van der Waals surface area contributed by atoms with Crippen LogP contribution in [0.1, 0.15) is 22.3 Å². The number of amides is 1. The second-order valence-electron chi connectivity index (χ2n) is 9.16. The Hall–Kier alpha value is -3.63. The molecule has 4 rings (SSSR count).